The maximum absolute atomic E-state index is 11.4. The Balaban J connectivity index is 2.52. The van der Waals surface area contributed by atoms with Crippen molar-refractivity contribution >= 4 is 28.5 Å². The second-order valence-electron chi connectivity index (χ2n) is 2.91. The summed E-state index contributed by atoms with van der Waals surface area (Å²) in [6.45, 7) is 1.70. The molecule has 1 atom stereocenters. The summed E-state index contributed by atoms with van der Waals surface area (Å²) in [5.74, 6) is -0.546. The van der Waals surface area contributed by atoms with Crippen molar-refractivity contribution in [3.8, 4) is 0 Å². The molecular formula is C7H11N5O2S. The summed E-state index contributed by atoms with van der Waals surface area (Å²) in [5, 5.41) is 2.80. The molecule has 1 aromatic heterocycles. The summed E-state index contributed by atoms with van der Waals surface area (Å²) in [6.07, 6.45) is -0.191. The number of anilines is 1. The molecule has 0 radical (unpaired) electrons. The van der Waals surface area contributed by atoms with E-state index in [1.807, 2.05) is 0 Å². The molecule has 5 N–H and O–H groups in total. The number of primary amides is 1. The Labute approximate surface area is 90.0 Å². The zero-order chi connectivity index (χ0) is 11.4. The molecule has 0 aliphatic heterocycles. The second-order valence-corrected chi connectivity index (χ2v) is 3.66. The van der Waals surface area contributed by atoms with Gasteiger partial charge in [0.2, 0.25) is 16.9 Å². The quantitative estimate of drug-likeness (QED) is 0.610. The number of nitrogens with zero attached hydrogens (tertiary/aromatic N) is 2. The first-order valence-electron chi connectivity index (χ1n) is 4.14. The number of hydrogen-bond donors (Lipinski definition) is 3. The van der Waals surface area contributed by atoms with Crippen LogP contribution >= 0.6 is 11.5 Å². The van der Waals surface area contributed by atoms with E-state index in [9.17, 15) is 9.59 Å². The van der Waals surface area contributed by atoms with Crippen LogP contribution in [0.5, 0.6) is 0 Å². The molecule has 0 aromatic carbocycles. The SMILES string of the molecule is Cc1nsc(NC(=O)C(N)CC(N)=O)n1. The molecule has 1 rings (SSSR count). The van der Waals surface area contributed by atoms with Gasteiger partial charge in [-0.05, 0) is 6.92 Å². The van der Waals surface area contributed by atoms with Crippen molar-refractivity contribution in [3.05, 3.63) is 5.82 Å². The first-order chi connectivity index (χ1) is 6.99. The van der Waals surface area contributed by atoms with Gasteiger partial charge in [-0.3, -0.25) is 14.9 Å². The topological polar surface area (TPSA) is 124 Å². The van der Waals surface area contributed by atoms with Crippen LogP contribution in [0.3, 0.4) is 0 Å². The van der Waals surface area contributed by atoms with Crippen molar-refractivity contribution in [3.63, 3.8) is 0 Å². The molecule has 0 bridgehead atoms. The van der Waals surface area contributed by atoms with E-state index in [0.717, 1.165) is 11.5 Å². The van der Waals surface area contributed by atoms with Crippen LogP contribution in [0.2, 0.25) is 0 Å². The smallest absolute Gasteiger partial charge is 0.243 e. The van der Waals surface area contributed by atoms with Crippen molar-refractivity contribution in [2.45, 2.75) is 19.4 Å². The molecule has 1 unspecified atom stereocenters. The average molecular weight is 229 g/mol. The fourth-order valence-electron chi connectivity index (χ4n) is 0.855. The molecule has 15 heavy (non-hydrogen) atoms. The lowest BCUT2D eigenvalue weighted by Crippen LogP contribution is -2.38. The van der Waals surface area contributed by atoms with Crippen molar-refractivity contribution in [1.29, 1.82) is 0 Å². The summed E-state index contributed by atoms with van der Waals surface area (Å²) >= 11 is 1.05. The van der Waals surface area contributed by atoms with Crippen LogP contribution in [0, 0.1) is 6.92 Å². The molecule has 0 spiro atoms. The van der Waals surface area contributed by atoms with E-state index in [0.29, 0.717) is 11.0 Å². The van der Waals surface area contributed by atoms with Crippen molar-refractivity contribution in [2.75, 3.05) is 5.32 Å². The molecule has 0 aliphatic rings. The number of hydrogen-bond acceptors (Lipinski definition) is 6. The fraction of sp³-hybridized carbons (Fsp3) is 0.429. The van der Waals surface area contributed by atoms with Crippen molar-refractivity contribution < 1.29 is 9.59 Å². The molecule has 2 amide bonds. The summed E-state index contributed by atoms with van der Waals surface area (Å²) in [5.41, 5.74) is 10.3. The van der Waals surface area contributed by atoms with E-state index in [1.165, 1.54) is 0 Å². The Morgan fingerprint density at radius 2 is 2.27 bits per heavy atom. The summed E-state index contributed by atoms with van der Waals surface area (Å²) in [7, 11) is 0. The van der Waals surface area contributed by atoms with Gasteiger partial charge in [0.1, 0.15) is 5.82 Å². The Kier molecular flexibility index (Phi) is 3.69. The minimum Gasteiger partial charge on any atom is -0.370 e. The number of nitrogens with one attached hydrogen (secondary N) is 1. The summed E-state index contributed by atoms with van der Waals surface area (Å²) in [4.78, 5) is 25.8. The third-order valence-corrected chi connectivity index (χ3v) is 2.24. The lowest BCUT2D eigenvalue weighted by atomic mass is 10.2. The normalized spacial score (nSPS) is 12.1. The van der Waals surface area contributed by atoms with Gasteiger partial charge in [0.05, 0.1) is 12.5 Å². The second kappa shape index (κ2) is 4.80. The van der Waals surface area contributed by atoms with Crippen molar-refractivity contribution in [1.82, 2.24) is 9.36 Å². The number of aryl methyl sites for hydroxylation is 1. The van der Waals surface area contributed by atoms with Crippen LogP contribution in [0.25, 0.3) is 0 Å². The van der Waals surface area contributed by atoms with Gasteiger partial charge in [0.25, 0.3) is 0 Å². The standard InChI is InChI=1S/C7H11N5O2S/c1-3-10-7(15-12-3)11-6(14)4(8)2-5(9)13/h4H,2,8H2,1H3,(H2,9,13)(H,10,11,12,14). The van der Waals surface area contributed by atoms with Gasteiger partial charge >= 0.3 is 0 Å². The van der Waals surface area contributed by atoms with Crippen molar-refractivity contribution in [2.24, 2.45) is 11.5 Å². The highest BCUT2D eigenvalue weighted by atomic mass is 32.1. The van der Waals surface area contributed by atoms with Gasteiger partial charge in [-0.1, -0.05) is 0 Å². The molecule has 0 aliphatic carbocycles. The minimum absolute atomic E-state index is 0.191. The molecule has 1 heterocycles. The largest absolute Gasteiger partial charge is 0.370 e. The van der Waals surface area contributed by atoms with Gasteiger partial charge in [-0.15, -0.1) is 0 Å². The number of rotatable bonds is 4. The molecular weight excluding hydrogens is 218 g/mol. The Morgan fingerprint density at radius 1 is 1.60 bits per heavy atom. The Bertz CT molecular complexity index is 377. The average Bonchev–Trinajstić information content (AvgIpc) is 2.50. The molecule has 0 fully saturated rings. The summed E-state index contributed by atoms with van der Waals surface area (Å²) in [6, 6.07) is -0.952. The van der Waals surface area contributed by atoms with Crippen LogP contribution in [-0.4, -0.2) is 27.2 Å². The molecule has 82 valence electrons. The van der Waals surface area contributed by atoms with Crippen LogP contribution in [0.15, 0.2) is 0 Å². The molecule has 0 saturated heterocycles. The predicted octanol–water partition coefficient (Wildman–Crippen LogP) is -1.01. The molecule has 1 aromatic rings. The first-order valence-corrected chi connectivity index (χ1v) is 4.91. The van der Waals surface area contributed by atoms with Crippen LogP contribution in [0.1, 0.15) is 12.2 Å². The fourth-order valence-corrected chi connectivity index (χ4v) is 1.43. The van der Waals surface area contributed by atoms with Gasteiger partial charge in [-0.25, -0.2) is 4.98 Å². The van der Waals surface area contributed by atoms with Gasteiger partial charge in [-0.2, -0.15) is 4.37 Å². The maximum Gasteiger partial charge on any atom is 0.243 e. The molecule has 8 heteroatoms. The predicted molar refractivity (Wildman–Crippen MR) is 55.1 cm³/mol. The van der Waals surface area contributed by atoms with Crippen LogP contribution < -0.4 is 16.8 Å². The third kappa shape index (κ3) is 3.60. The lowest BCUT2D eigenvalue weighted by Gasteiger charge is -2.07. The van der Waals surface area contributed by atoms with Gasteiger partial charge in [0, 0.05) is 11.5 Å². The zero-order valence-corrected chi connectivity index (χ0v) is 8.87. The van der Waals surface area contributed by atoms with E-state index in [2.05, 4.69) is 14.7 Å². The minimum atomic E-state index is -0.952. The van der Waals surface area contributed by atoms with E-state index in [-0.39, 0.29) is 6.42 Å². The number of amides is 2. The maximum atomic E-state index is 11.4. The number of nitrogens with two attached hydrogens (primary N) is 2. The van der Waals surface area contributed by atoms with E-state index >= 15 is 0 Å². The van der Waals surface area contributed by atoms with Gasteiger partial charge in [0.15, 0.2) is 0 Å². The molecule has 0 saturated carbocycles. The number of carbonyl (C=O) groups excluding carboxylic acids is 2. The van der Waals surface area contributed by atoms with E-state index < -0.39 is 17.9 Å². The highest BCUT2D eigenvalue weighted by molar-refractivity contribution is 7.09. The lowest BCUT2D eigenvalue weighted by molar-refractivity contribution is -0.123. The van der Waals surface area contributed by atoms with E-state index in [1.54, 1.807) is 6.92 Å². The first kappa shape index (κ1) is 11.5. The third-order valence-electron chi connectivity index (χ3n) is 1.52. The number of carbonyl (C=O) groups is 2. The van der Waals surface area contributed by atoms with Crippen LogP contribution in [-0.2, 0) is 9.59 Å². The monoisotopic (exact) mass is 229 g/mol. The Morgan fingerprint density at radius 3 is 2.73 bits per heavy atom. The van der Waals surface area contributed by atoms with Gasteiger partial charge < -0.3 is 11.5 Å². The molecule has 7 nitrogen and oxygen atoms in total. The van der Waals surface area contributed by atoms with Crippen LogP contribution in [0.4, 0.5) is 5.13 Å². The highest BCUT2D eigenvalue weighted by Gasteiger charge is 2.17. The highest BCUT2D eigenvalue weighted by Crippen LogP contribution is 2.10. The Hall–Kier alpha value is -1.54. The number of aromatic nitrogens is 2. The zero-order valence-electron chi connectivity index (χ0n) is 8.06. The summed E-state index contributed by atoms with van der Waals surface area (Å²) < 4.78 is 3.87. The van der Waals surface area contributed by atoms with E-state index in [4.69, 9.17) is 11.5 Å².